The molecule has 0 aliphatic heterocycles. The molecule has 222 valence electrons. The minimum atomic E-state index is -0.472. The number of benzene rings is 3. The Kier molecular flexibility index (Phi) is 12.1. The highest BCUT2D eigenvalue weighted by molar-refractivity contribution is 9.10. The first-order valence-corrected chi connectivity index (χ1v) is 15.0. The van der Waals surface area contributed by atoms with Crippen molar-refractivity contribution >= 4 is 56.7 Å². The van der Waals surface area contributed by atoms with E-state index in [0.29, 0.717) is 34.7 Å². The molecule has 4 N–H and O–H groups in total. The first-order valence-electron chi connectivity index (χ1n) is 13.8. The molecular weight excluding hydrogens is 616 g/mol. The van der Waals surface area contributed by atoms with E-state index in [1.165, 1.54) is 0 Å². The van der Waals surface area contributed by atoms with Crippen LogP contribution in [0.3, 0.4) is 0 Å². The molecule has 8 nitrogen and oxygen atoms in total. The largest absolute Gasteiger partial charge is 0.493 e. The molecular formula is C32H37BrN4O4S. The van der Waals surface area contributed by atoms with Gasteiger partial charge in [0.2, 0.25) is 0 Å². The molecule has 0 bridgehead atoms. The lowest BCUT2D eigenvalue weighted by Gasteiger charge is -2.19. The molecule has 0 aliphatic rings. The number of hydrogen-bond donors (Lipinski definition) is 4. The lowest BCUT2D eigenvalue weighted by atomic mass is 9.87. The Morgan fingerprint density at radius 2 is 1.45 bits per heavy atom. The van der Waals surface area contributed by atoms with Crippen molar-refractivity contribution < 1.29 is 19.1 Å². The molecule has 0 aliphatic carbocycles. The number of rotatable bonds is 10. The SMILES string of the molecule is CCCCCCOc1ccc(Br)cc1C(=O)NC(=S)NNC(=O)c1ccc(NC(=O)c2ccc(C(C)(C)C)cc2)cc1. The number of carbonyl (C=O) groups excluding carboxylic acids is 3. The second-order valence-corrected chi connectivity index (χ2v) is 12.1. The van der Waals surface area contributed by atoms with Gasteiger partial charge in [-0.05, 0) is 84.2 Å². The highest BCUT2D eigenvalue weighted by Gasteiger charge is 2.17. The molecule has 3 aromatic rings. The van der Waals surface area contributed by atoms with Gasteiger partial charge in [0.1, 0.15) is 5.75 Å². The Morgan fingerprint density at radius 3 is 2.10 bits per heavy atom. The number of nitrogens with one attached hydrogen (secondary N) is 4. The molecule has 0 spiro atoms. The van der Waals surface area contributed by atoms with E-state index in [9.17, 15) is 14.4 Å². The van der Waals surface area contributed by atoms with Crippen LogP contribution >= 0.6 is 28.1 Å². The normalized spacial score (nSPS) is 10.9. The second-order valence-electron chi connectivity index (χ2n) is 10.8. The fraction of sp³-hybridized carbons (Fsp3) is 0.312. The third-order valence-electron chi connectivity index (χ3n) is 6.38. The standard InChI is InChI=1S/C32H37BrN4O4S/c1-5-6-7-8-19-41-27-18-15-24(33)20-26(27)30(40)35-31(42)37-36-29(39)22-11-16-25(17-12-22)34-28(38)21-9-13-23(14-10-21)32(2,3)4/h9-18,20H,5-8,19H2,1-4H3,(H,34,38)(H,36,39)(H2,35,37,40,42). The van der Waals surface area contributed by atoms with Gasteiger partial charge in [-0.3, -0.25) is 30.6 Å². The molecule has 0 fully saturated rings. The predicted molar refractivity (Wildman–Crippen MR) is 174 cm³/mol. The van der Waals surface area contributed by atoms with Crippen LogP contribution in [0, 0.1) is 0 Å². The van der Waals surface area contributed by atoms with Gasteiger partial charge >= 0.3 is 0 Å². The highest BCUT2D eigenvalue weighted by atomic mass is 79.9. The van der Waals surface area contributed by atoms with Gasteiger partial charge in [-0.15, -0.1) is 0 Å². The molecule has 42 heavy (non-hydrogen) atoms. The van der Waals surface area contributed by atoms with Crippen LogP contribution in [0.25, 0.3) is 0 Å². The summed E-state index contributed by atoms with van der Waals surface area (Å²) in [5, 5.41) is 5.31. The third kappa shape index (κ3) is 9.95. The molecule has 3 amide bonds. The van der Waals surface area contributed by atoms with E-state index in [4.69, 9.17) is 17.0 Å². The van der Waals surface area contributed by atoms with Gasteiger partial charge in [-0.25, -0.2) is 0 Å². The smallest absolute Gasteiger partial charge is 0.269 e. The zero-order valence-corrected chi connectivity index (χ0v) is 26.7. The summed E-state index contributed by atoms with van der Waals surface area (Å²) < 4.78 is 6.55. The first-order chi connectivity index (χ1) is 20.0. The van der Waals surface area contributed by atoms with Gasteiger partial charge < -0.3 is 10.1 Å². The quantitative estimate of drug-likeness (QED) is 0.108. The molecule has 0 atom stereocenters. The minimum Gasteiger partial charge on any atom is -0.493 e. The van der Waals surface area contributed by atoms with Gasteiger partial charge in [0, 0.05) is 21.3 Å². The van der Waals surface area contributed by atoms with Crippen molar-refractivity contribution in [3.63, 3.8) is 0 Å². The van der Waals surface area contributed by atoms with Crippen molar-refractivity contribution in [2.45, 2.75) is 58.8 Å². The van der Waals surface area contributed by atoms with Crippen LogP contribution in [0.4, 0.5) is 5.69 Å². The van der Waals surface area contributed by atoms with Crippen molar-refractivity contribution in [3.05, 3.63) is 93.5 Å². The van der Waals surface area contributed by atoms with Crippen molar-refractivity contribution in [2.75, 3.05) is 11.9 Å². The number of anilines is 1. The van der Waals surface area contributed by atoms with E-state index in [1.807, 2.05) is 12.1 Å². The monoisotopic (exact) mass is 652 g/mol. The number of unbranched alkanes of at least 4 members (excludes halogenated alkanes) is 3. The Morgan fingerprint density at radius 1 is 0.810 bits per heavy atom. The molecule has 0 unspecified atom stereocenters. The molecule has 10 heteroatoms. The molecule has 0 radical (unpaired) electrons. The lowest BCUT2D eigenvalue weighted by molar-refractivity contribution is 0.0933. The van der Waals surface area contributed by atoms with Crippen molar-refractivity contribution in [1.82, 2.24) is 16.2 Å². The molecule has 0 aromatic heterocycles. The number of carbonyl (C=O) groups is 3. The lowest BCUT2D eigenvalue weighted by Crippen LogP contribution is -2.48. The van der Waals surface area contributed by atoms with Gasteiger partial charge in [0.05, 0.1) is 12.2 Å². The number of halogens is 1. The van der Waals surface area contributed by atoms with Crippen LogP contribution in [-0.2, 0) is 5.41 Å². The average molecular weight is 654 g/mol. The Balaban J connectivity index is 1.50. The van der Waals surface area contributed by atoms with E-state index in [-0.39, 0.29) is 16.4 Å². The van der Waals surface area contributed by atoms with Crippen LogP contribution in [0.5, 0.6) is 5.75 Å². The predicted octanol–water partition coefficient (Wildman–Crippen LogP) is 6.91. The van der Waals surface area contributed by atoms with Crippen LogP contribution in [0.15, 0.2) is 71.2 Å². The summed E-state index contributed by atoms with van der Waals surface area (Å²) >= 11 is 8.58. The average Bonchev–Trinajstić information content (AvgIpc) is 2.96. The van der Waals surface area contributed by atoms with Crippen LogP contribution in [0.1, 0.15) is 90.0 Å². The summed E-state index contributed by atoms with van der Waals surface area (Å²) in [6.45, 7) is 9.00. The van der Waals surface area contributed by atoms with E-state index in [2.05, 4.69) is 65.1 Å². The summed E-state index contributed by atoms with van der Waals surface area (Å²) in [6.07, 6.45) is 4.22. The molecule has 3 rings (SSSR count). The summed E-state index contributed by atoms with van der Waals surface area (Å²) in [5.41, 5.74) is 7.88. The molecule has 3 aromatic carbocycles. The van der Waals surface area contributed by atoms with Crippen LogP contribution < -0.4 is 26.2 Å². The fourth-order valence-corrected chi connectivity index (χ4v) is 4.44. The minimum absolute atomic E-state index is 0.000631. The second kappa shape index (κ2) is 15.5. The maximum atomic E-state index is 12.9. The topological polar surface area (TPSA) is 109 Å². The fourth-order valence-electron chi connectivity index (χ4n) is 3.93. The number of thiocarbonyl (C=S) groups is 1. The van der Waals surface area contributed by atoms with Crippen LogP contribution in [-0.4, -0.2) is 29.4 Å². The zero-order valence-electron chi connectivity index (χ0n) is 24.3. The number of ether oxygens (including phenoxy) is 1. The molecule has 0 saturated carbocycles. The summed E-state index contributed by atoms with van der Waals surface area (Å²) in [5.74, 6) is -0.736. The molecule has 0 saturated heterocycles. The van der Waals surface area contributed by atoms with Gasteiger partial charge in [-0.1, -0.05) is 75.0 Å². The number of hydrogen-bond acceptors (Lipinski definition) is 5. The van der Waals surface area contributed by atoms with Gasteiger partial charge in [0.15, 0.2) is 5.11 Å². The molecule has 0 heterocycles. The summed E-state index contributed by atoms with van der Waals surface area (Å²) in [6, 6.07) is 19.1. The summed E-state index contributed by atoms with van der Waals surface area (Å²) in [7, 11) is 0. The Hall–Kier alpha value is -3.76. The maximum Gasteiger partial charge on any atom is 0.269 e. The van der Waals surface area contributed by atoms with E-state index in [0.717, 1.165) is 35.7 Å². The van der Waals surface area contributed by atoms with Gasteiger partial charge in [0.25, 0.3) is 17.7 Å². The Labute approximate surface area is 261 Å². The van der Waals surface area contributed by atoms with Crippen molar-refractivity contribution in [2.24, 2.45) is 0 Å². The zero-order chi connectivity index (χ0) is 30.7. The summed E-state index contributed by atoms with van der Waals surface area (Å²) in [4.78, 5) is 38.1. The van der Waals surface area contributed by atoms with E-state index < -0.39 is 11.8 Å². The highest BCUT2D eigenvalue weighted by Crippen LogP contribution is 2.24. The number of amides is 3. The first kappa shape index (κ1) is 32.8. The van der Waals surface area contributed by atoms with Crippen molar-refractivity contribution in [3.8, 4) is 5.75 Å². The van der Waals surface area contributed by atoms with Crippen LogP contribution in [0.2, 0.25) is 0 Å². The number of hydrazine groups is 1. The maximum absolute atomic E-state index is 12.9. The Bertz CT molecular complexity index is 1400. The van der Waals surface area contributed by atoms with E-state index in [1.54, 1.807) is 54.6 Å². The van der Waals surface area contributed by atoms with Gasteiger partial charge in [-0.2, -0.15) is 0 Å². The third-order valence-corrected chi connectivity index (χ3v) is 7.07. The van der Waals surface area contributed by atoms with Crippen molar-refractivity contribution in [1.29, 1.82) is 0 Å². The van der Waals surface area contributed by atoms with E-state index >= 15 is 0 Å².